The van der Waals surface area contributed by atoms with Crippen molar-refractivity contribution in [3.05, 3.63) is 71.3 Å². The molecule has 2 aromatic carbocycles. The summed E-state index contributed by atoms with van der Waals surface area (Å²) in [4.78, 5) is 79.3. The smallest absolute Gasteiger partial charge is 0.411 e. The molecule has 1 unspecified atom stereocenters. The van der Waals surface area contributed by atoms with Gasteiger partial charge in [0.25, 0.3) is 0 Å². The normalized spacial score (nSPS) is 21.9. The van der Waals surface area contributed by atoms with E-state index in [2.05, 4.69) is 0 Å². The summed E-state index contributed by atoms with van der Waals surface area (Å²) < 4.78 is 21.5. The quantitative estimate of drug-likeness (QED) is 0.155. The molecule has 2 saturated heterocycles. The number of nitrogens with zero attached hydrogens (tertiary/aromatic N) is 2. The molecule has 12 heteroatoms. The van der Waals surface area contributed by atoms with Crippen LogP contribution in [0.1, 0.15) is 99.5 Å². The molecule has 2 amide bonds. The molecule has 2 aromatic rings. The third-order valence-electron chi connectivity index (χ3n) is 9.71. The third-order valence-corrected chi connectivity index (χ3v) is 9.71. The number of ketones is 2. The number of hydrogen-bond donors (Lipinski definition) is 0. The first-order chi connectivity index (χ1) is 24.4. The first kappa shape index (κ1) is 37.5. The van der Waals surface area contributed by atoms with Gasteiger partial charge in [-0.2, -0.15) is 0 Å². The van der Waals surface area contributed by atoms with Crippen LogP contribution in [0.25, 0.3) is 0 Å². The van der Waals surface area contributed by atoms with Gasteiger partial charge in [-0.1, -0.05) is 54.6 Å². The molecule has 51 heavy (non-hydrogen) atoms. The predicted molar refractivity (Wildman–Crippen MR) is 185 cm³/mol. The van der Waals surface area contributed by atoms with Gasteiger partial charge < -0.3 is 18.9 Å². The highest BCUT2D eigenvalue weighted by atomic mass is 16.6. The zero-order valence-electron chi connectivity index (χ0n) is 29.7. The lowest BCUT2D eigenvalue weighted by molar-refractivity contribution is -0.153. The molecular formula is C39H48N2O10. The number of ether oxygens (including phenoxy) is 4. The molecule has 0 spiro atoms. The van der Waals surface area contributed by atoms with Gasteiger partial charge >= 0.3 is 24.1 Å². The van der Waals surface area contributed by atoms with Crippen molar-refractivity contribution in [2.45, 2.75) is 102 Å². The number of carbonyl (C=O) groups is 6. The molecule has 3 aliphatic rings. The van der Waals surface area contributed by atoms with Gasteiger partial charge in [-0.15, -0.1) is 0 Å². The van der Waals surface area contributed by atoms with Crippen LogP contribution in [0.3, 0.4) is 0 Å². The zero-order chi connectivity index (χ0) is 36.5. The van der Waals surface area contributed by atoms with Crippen LogP contribution < -0.4 is 0 Å². The van der Waals surface area contributed by atoms with Crippen LogP contribution >= 0.6 is 0 Å². The van der Waals surface area contributed by atoms with Crippen molar-refractivity contribution in [1.29, 1.82) is 0 Å². The second-order valence-electron chi connectivity index (χ2n) is 14.5. The lowest BCUT2D eigenvalue weighted by Gasteiger charge is -2.29. The molecule has 1 saturated carbocycles. The van der Waals surface area contributed by atoms with Gasteiger partial charge in [0.1, 0.15) is 30.9 Å². The molecule has 0 aromatic heterocycles. The topological polar surface area (TPSA) is 146 Å². The van der Waals surface area contributed by atoms with Gasteiger partial charge in [0.2, 0.25) is 0 Å². The van der Waals surface area contributed by atoms with Gasteiger partial charge in [0.15, 0.2) is 18.2 Å². The van der Waals surface area contributed by atoms with E-state index in [1.54, 1.807) is 32.9 Å². The number of amides is 2. The molecule has 5 rings (SSSR count). The molecule has 12 nitrogen and oxygen atoms in total. The first-order valence-corrected chi connectivity index (χ1v) is 17.9. The van der Waals surface area contributed by atoms with Crippen molar-refractivity contribution in [2.75, 3.05) is 26.3 Å². The number of benzene rings is 2. The molecule has 2 atom stereocenters. The molecule has 3 fully saturated rings. The molecule has 0 bridgehead atoms. The average molecular weight is 705 g/mol. The van der Waals surface area contributed by atoms with E-state index in [9.17, 15) is 28.8 Å². The van der Waals surface area contributed by atoms with Crippen LogP contribution in [0.2, 0.25) is 0 Å². The summed E-state index contributed by atoms with van der Waals surface area (Å²) in [6, 6.07) is 15.0. The third kappa shape index (κ3) is 10.2. The second kappa shape index (κ2) is 17.0. The fraction of sp³-hybridized carbons (Fsp3) is 0.538. The van der Waals surface area contributed by atoms with Crippen LogP contribution in [0.5, 0.6) is 0 Å². The van der Waals surface area contributed by atoms with E-state index >= 15 is 0 Å². The Morgan fingerprint density at radius 1 is 0.667 bits per heavy atom. The number of carbonyl (C=O) groups excluding carboxylic acids is 6. The van der Waals surface area contributed by atoms with Gasteiger partial charge in [-0.3, -0.25) is 19.4 Å². The molecule has 2 heterocycles. The molecule has 274 valence electrons. The summed E-state index contributed by atoms with van der Waals surface area (Å²) in [6.07, 6.45) is 3.92. The van der Waals surface area contributed by atoms with Crippen molar-refractivity contribution in [1.82, 2.24) is 9.80 Å². The Labute approximate surface area is 298 Å². The number of Topliss-reactive ketones (excluding diaryl/α,β-unsaturated/α-hetero) is 2. The number of esters is 2. The maximum absolute atomic E-state index is 12.9. The summed E-state index contributed by atoms with van der Waals surface area (Å²) in [5.74, 6) is -1.67. The zero-order valence-corrected chi connectivity index (χ0v) is 29.7. The number of rotatable bonds is 11. The molecule has 1 aliphatic carbocycles. The largest absolute Gasteiger partial charge is 0.456 e. The minimum Gasteiger partial charge on any atom is -0.456 e. The highest BCUT2D eigenvalue weighted by Crippen LogP contribution is 2.36. The summed E-state index contributed by atoms with van der Waals surface area (Å²) >= 11 is 0. The molecule has 2 aliphatic heterocycles. The highest BCUT2D eigenvalue weighted by molar-refractivity contribution is 5.98. The van der Waals surface area contributed by atoms with E-state index < -0.39 is 48.4 Å². The Hall–Kier alpha value is -4.74. The monoisotopic (exact) mass is 704 g/mol. The van der Waals surface area contributed by atoms with E-state index in [-0.39, 0.29) is 36.6 Å². The fourth-order valence-corrected chi connectivity index (χ4v) is 6.95. The van der Waals surface area contributed by atoms with Crippen molar-refractivity contribution in [3.8, 4) is 0 Å². The van der Waals surface area contributed by atoms with E-state index in [4.69, 9.17) is 18.9 Å². The summed E-state index contributed by atoms with van der Waals surface area (Å²) in [7, 11) is 0. The maximum Gasteiger partial charge on any atom is 0.411 e. The van der Waals surface area contributed by atoms with Crippen LogP contribution in [-0.2, 0) is 39.9 Å². The second-order valence-corrected chi connectivity index (χ2v) is 14.5. The number of hydrogen-bond acceptors (Lipinski definition) is 10. The van der Waals surface area contributed by atoms with Crippen molar-refractivity contribution in [2.24, 2.45) is 5.92 Å². The van der Waals surface area contributed by atoms with E-state index in [1.807, 2.05) is 42.5 Å². The van der Waals surface area contributed by atoms with Crippen LogP contribution in [0, 0.1) is 5.92 Å². The molecule has 0 N–H and O–H groups in total. The van der Waals surface area contributed by atoms with Crippen LogP contribution in [0.15, 0.2) is 54.6 Å². The molecule has 0 radical (unpaired) electrons. The Kier molecular flexibility index (Phi) is 12.5. The van der Waals surface area contributed by atoms with Gasteiger partial charge in [0, 0.05) is 24.6 Å². The van der Waals surface area contributed by atoms with Gasteiger partial charge in [0.05, 0.1) is 0 Å². The molecular weight excluding hydrogens is 656 g/mol. The van der Waals surface area contributed by atoms with Crippen LogP contribution in [0.4, 0.5) is 9.59 Å². The standard InChI is InChI=1S/C39H48N2O10/c1-39(2,3)51-38(47)41-22-8-12-32(41)36(45)49-25-34(43)30-19-15-28(16-20-30)27-13-17-29(18-14-27)33(42)24-48-35(44)31-11-7-21-40(31)37(46)50-23-26-9-5-4-6-10-26/h4-6,9-10,13-14,17-18,28,30-32H,7-8,11-12,15-16,19-25H2,1-3H3/t28?,30?,31?,32-/m0/s1. The SMILES string of the molecule is CC(C)(C)OC(=O)N1CCC[C@H]1C(=O)OCC(=O)C1CCC(c2ccc(C(=O)COC(=O)C3CCCN3C(=O)OCc3ccccc3)cc2)CC1. The summed E-state index contributed by atoms with van der Waals surface area (Å²) in [6.45, 7) is 5.44. The fourth-order valence-electron chi connectivity index (χ4n) is 6.95. The van der Waals surface area contributed by atoms with Crippen molar-refractivity contribution >= 4 is 35.7 Å². The van der Waals surface area contributed by atoms with Gasteiger partial charge in [-0.05, 0) is 89.2 Å². The first-order valence-electron chi connectivity index (χ1n) is 17.9. The Morgan fingerprint density at radius 3 is 1.82 bits per heavy atom. The number of likely N-dealkylation sites (tertiary alicyclic amines) is 2. The predicted octanol–water partition coefficient (Wildman–Crippen LogP) is 6.00. The van der Waals surface area contributed by atoms with E-state index in [1.165, 1.54) is 9.80 Å². The highest BCUT2D eigenvalue weighted by Gasteiger charge is 2.39. The summed E-state index contributed by atoms with van der Waals surface area (Å²) in [5.41, 5.74) is 1.63. The van der Waals surface area contributed by atoms with Gasteiger partial charge in [-0.25, -0.2) is 19.2 Å². The minimum atomic E-state index is -0.792. The maximum atomic E-state index is 12.9. The van der Waals surface area contributed by atoms with E-state index in [0.29, 0.717) is 57.2 Å². The Balaban J connectivity index is 1.02. The van der Waals surface area contributed by atoms with E-state index in [0.717, 1.165) is 24.0 Å². The summed E-state index contributed by atoms with van der Waals surface area (Å²) in [5, 5.41) is 0. The minimum absolute atomic E-state index is 0.0996. The Morgan fingerprint density at radius 2 is 1.24 bits per heavy atom. The average Bonchev–Trinajstić information content (AvgIpc) is 3.83. The lowest BCUT2D eigenvalue weighted by atomic mass is 9.77. The van der Waals surface area contributed by atoms with Crippen LogP contribution in [-0.4, -0.2) is 89.5 Å². The van der Waals surface area contributed by atoms with Crippen molar-refractivity contribution in [3.63, 3.8) is 0 Å². The lowest BCUT2D eigenvalue weighted by Crippen LogP contribution is -2.44. The van der Waals surface area contributed by atoms with Crippen molar-refractivity contribution < 1.29 is 47.7 Å². The Bertz CT molecular complexity index is 1560.